The van der Waals surface area contributed by atoms with Crippen LogP contribution in [-0.4, -0.2) is 17.7 Å². The minimum atomic E-state index is -0.278. The molecule has 1 atom stereocenters. The number of nitrogens with zero attached hydrogens (tertiary/aromatic N) is 1. The van der Waals surface area contributed by atoms with Crippen LogP contribution in [0.2, 0.25) is 0 Å². The van der Waals surface area contributed by atoms with Gasteiger partial charge >= 0.3 is 0 Å². The lowest BCUT2D eigenvalue weighted by Gasteiger charge is -2.14. The number of nitrogen functional groups attached to an aromatic ring is 1. The van der Waals surface area contributed by atoms with Crippen LogP contribution in [0.1, 0.15) is 10.8 Å². The second-order valence-electron chi connectivity index (χ2n) is 4.43. The lowest BCUT2D eigenvalue weighted by molar-refractivity contribution is -0.479. The molecule has 0 spiro atoms. The SMILES string of the molecule is CSc1ccc(C(C[N+](=O)[O-])Sc2ccccc2N)cc1. The molecule has 0 amide bonds. The minimum absolute atomic E-state index is 0.127. The molecule has 2 aromatic carbocycles. The third-order valence-electron chi connectivity index (χ3n) is 2.99. The van der Waals surface area contributed by atoms with E-state index in [0.717, 1.165) is 15.4 Å². The molecule has 0 aliphatic rings. The smallest absolute Gasteiger partial charge is 0.220 e. The van der Waals surface area contributed by atoms with Crippen molar-refractivity contribution in [2.75, 3.05) is 18.5 Å². The molecular formula is C15H16N2O2S2. The van der Waals surface area contributed by atoms with Gasteiger partial charge in [-0.1, -0.05) is 24.3 Å². The zero-order chi connectivity index (χ0) is 15.2. The Kier molecular flexibility index (Phi) is 5.52. The summed E-state index contributed by atoms with van der Waals surface area (Å²) in [6.07, 6.45) is 2.00. The van der Waals surface area contributed by atoms with Gasteiger partial charge in [0.1, 0.15) is 0 Å². The summed E-state index contributed by atoms with van der Waals surface area (Å²) in [4.78, 5) is 12.7. The third-order valence-corrected chi connectivity index (χ3v) is 5.07. The second kappa shape index (κ2) is 7.38. The molecule has 110 valence electrons. The highest BCUT2D eigenvalue weighted by Gasteiger charge is 2.20. The molecule has 0 radical (unpaired) electrons. The van der Waals surface area contributed by atoms with Gasteiger partial charge < -0.3 is 5.73 Å². The first kappa shape index (κ1) is 15.7. The van der Waals surface area contributed by atoms with Gasteiger partial charge in [0.25, 0.3) is 0 Å². The summed E-state index contributed by atoms with van der Waals surface area (Å²) in [6, 6.07) is 15.3. The van der Waals surface area contributed by atoms with Crippen LogP contribution < -0.4 is 5.73 Å². The molecule has 0 bridgehead atoms. The Morgan fingerprint density at radius 3 is 2.43 bits per heavy atom. The van der Waals surface area contributed by atoms with E-state index in [0.29, 0.717) is 5.69 Å². The maximum Gasteiger partial charge on any atom is 0.220 e. The fraction of sp³-hybridized carbons (Fsp3) is 0.200. The summed E-state index contributed by atoms with van der Waals surface area (Å²) in [5.41, 5.74) is 7.52. The van der Waals surface area contributed by atoms with Crippen molar-refractivity contribution in [1.82, 2.24) is 0 Å². The molecule has 0 fully saturated rings. The molecule has 4 nitrogen and oxygen atoms in total. The molecule has 0 saturated heterocycles. The number of nitrogens with two attached hydrogens (primary N) is 1. The molecule has 21 heavy (non-hydrogen) atoms. The van der Waals surface area contributed by atoms with Gasteiger partial charge in [0, 0.05) is 20.4 Å². The van der Waals surface area contributed by atoms with E-state index in [4.69, 9.17) is 5.73 Å². The molecule has 2 N–H and O–H groups in total. The fourth-order valence-corrected chi connectivity index (χ4v) is 3.47. The summed E-state index contributed by atoms with van der Waals surface area (Å²) < 4.78 is 0. The fourth-order valence-electron chi connectivity index (χ4n) is 1.91. The van der Waals surface area contributed by atoms with Crippen molar-refractivity contribution in [2.45, 2.75) is 15.0 Å². The van der Waals surface area contributed by atoms with Crippen LogP contribution in [0.25, 0.3) is 0 Å². The summed E-state index contributed by atoms with van der Waals surface area (Å²) in [6.45, 7) is -0.127. The van der Waals surface area contributed by atoms with Crippen molar-refractivity contribution >= 4 is 29.2 Å². The maximum atomic E-state index is 10.9. The van der Waals surface area contributed by atoms with E-state index in [1.807, 2.05) is 54.8 Å². The molecule has 6 heteroatoms. The molecular weight excluding hydrogens is 304 g/mol. The van der Waals surface area contributed by atoms with E-state index < -0.39 is 0 Å². The molecule has 0 aliphatic carbocycles. The van der Waals surface area contributed by atoms with Gasteiger partial charge in [-0.15, -0.1) is 23.5 Å². The first-order valence-electron chi connectivity index (χ1n) is 6.37. The number of hydrogen-bond acceptors (Lipinski definition) is 5. The average Bonchev–Trinajstić information content (AvgIpc) is 2.48. The number of hydrogen-bond donors (Lipinski definition) is 1. The number of nitro groups is 1. The average molecular weight is 320 g/mol. The first-order valence-corrected chi connectivity index (χ1v) is 8.47. The quantitative estimate of drug-likeness (QED) is 0.375. The van der Waals surface area contributed by atoms with Crippen molar-refractivity contribution in [3.8, 4) is 0 Å². The summed E-state index contributed by atoms with van der Waals surface area (Å²) >= 11 is 3.09. The van der Waals surface area contributed by atoms with Crippen molar-refractivity contribution in [2.24, 2.45) is 0 Å². The van der Waals surface area contributed by atoms with Gasteiger partial charge in [0.05, 0.1) is 5.25 Å². The Morgan fingerprint density at radius 1 is 1.19 bits per heavy atom. The van der Waals surface area contributed by atoms with Crippen molar-refractivity contribution in [3.63, 3.8) is 0 Å². The van der Waals surface area contributed by atoms with E-state index in [2.05, 4.69) is 0 Å². The number of para-hydroxylation sites is 1. The van der Waals surface area contributed by atoms with Crippen LogP contribution in [0.3, 0.4) is 0 Å². The number of anilines is 1. The highest BCUT2D eigenvalue weighted by atomic mass is 32.2. The summed E-state index contributed by atoms with van der Waals surface area (Å²) in [7, 11) is 0. The van der Waals surface area contributed by atoms with Crippen LogP contribution in [0.4, 0.5) is 5.69 Å². The van der Waals surface area contributed by atoms with E-state index in [-0.39, 0.29) is 16.7 Å². The third kappa shape index (κ3) is 4.41. The van der Waals surface area contributed by atoms with E-state index in [9.17, 15) is 10.1 Å². The molecule has 0 aromatic heterocycles. The molecule has 2 aromatic rings. The van der Waals surface area contributed by atoms with E-state index in [1.165, 1.54) is 11.8 Å². The number of thioether (sulfide) groups is 2. The highest BCUT2D eigenvalue weighted by molar-refractivity contribution is 7.99. The van der Waals surface area contributed by atoms with Crippen LogP contribution in [-0.2, 0) is 0 Å². The van der Waals surface area contributed by atoms with Crippen LogP contribution in [0.5, 0.6) is 0 Å². The predicted molar refractivity (Wildman–Crippen MR) is 89.5 cm³/mol. The zero-order valence-electron chi connectivity index (χ0n) is 11.6. The Hall–Kier alpha value is -1.66. The van der Waals surface area contributed by atoms with Gasteiger partial charge in [-0.25, -0.2) is 0 Å². The Balaban J connectivity index is 2.25. The topological polar surface area (TPSA) is 69.2 Å². The van der Waals surface area contributed by atoms with Crippen LogP contribution in [0.15, 0.2) is 58.3 Å². The number of benzene rings is 2. The zero-order valence-corrected chi connectivity index (χ0v) is 13.2. The highest BCUT2D eigenvalue weighted by Crippen LogP contribution is 2.38. The molecule has 0 aliphatic heterocycles. The molecule has 1 unspecified atom stereocenters. The summed E-state index contributed by atoms with van der Waals surface area (Å²) in [5, 5.41) is 10.7. The minimum Gasteiger partial charge on any atom is -0.398 e. The Morgan fingerprint density at radius 2 is 1.86 bits per heavy atom. The van der Waals surface area contributed by atoms with Gasteiger partial charge in [0.2, 0.25) is 6.54 Å². The molecule has 2 rings (SSSR count). The standard InChI is InChI=1S/C15H16N2O2S2/c1-20-12-8-6-11(7-9-12)15(10-17(18)19)21-14-5-3-2-4-13(14)16/h2-9,15H,10,16H2,1H3. The van der Waals surface area contributed by atoms with Gasteiger partial charge in [-0.3, -0.25) is 10.1 Å². The first-order chi connectivity index (χ1) is 10.1. The molecule has 0 heterocycles. The van der Waals surface area contributed by atoms with Crippen LogP contribution >= 0.6 is 23.5 Å². The van der Waals surface area contributed by atoms with Crippen molar-refractivity contribution < 1.29 is 4.92 Å². The van der Waals surface area contributed by atoms with Gasteiger partial charge in [0.15, 0.2) is 0 Å². The van der Waals surface area contributed by atoms with Crippen LogP contribution in [0, 0.1) is 10.1 Å². The second-order valence-corrected chi connectivity index (χ2v) is 6.56. The van der Waals surface area contributed by atoms with Crippen molar-refractivity contribution in [3.05, 3.63) is 64.2 Å². The van der Waals surface area contributed by atoms with E-state index in [1.54, 1.807) is 11.8 Å². The largest absolute Gasteiger partial charge is 0.398 e. The summed E-state index contributed by atoms with van der Waals surface area (Å²) in [5.74, 6) is 0. The Labute approximate surface area is 132 Å². The number of rotatable bonds is 6. The monoisotopic (exact) mass is 320 g/mol. The maximum absolute atomic E-state index is 10.9. The lowest BCUT2D eigenvalue weighted by atomic mass is 10.1. The van der Waals surface area contributed by atoms with Gasteiger partial charge in [-0.05, 0) is 36.1 Å². The normalized spacial score (nSPS) is 12.0. The van der Waals surface area contributed by atoms with E-state index >= 15 is 0 Å². The predicted octanol–water partition coefficient (Wildman–Crippen LogP) is 4.10. The lowest BCUT2D eigenvalue weighted by Crippen LogP contribution is -2.10. The van der Waals surface area contributed by atoms with Crippen molar-refractivity contribution in [1.29, 1.82) is 0 Å². The van der Waals surface area contributed by atoms with Gasteiger partial charge in [-0.2, -0.15) is 0 Å². The molecule has 0 saturated carbocycles. The Bertz CT molecular complexity index is 617.